The Labute approximate surface area is 117 Å². The first kappa shape index (κ1) is 15.7. The summed E-state index contributed by atoms with van der Waals surface area (Å²) in [6.07, 6.45) is 1.87. The summed E-state index contributed by atoms with van der Waals surface area (Å²) in [7, 11) is 3.97. The van der Waals surface area contributed by atoms with Crippen molar-refractivity contribution in [3.8, 4) is 6.07 Å². The van der Waals surface area contributed by atoms with E-state index in [9.17, 15) is 5.26 Å². The molecule has 0 aliphatic heterocycles. The Balaban J connectivity index is 2.45. The molecule has 3 heteroatoms. The van der Waals surface area contributed by atoms with E-state index in [0.29, 0.717) is 6.04 Å². The highest BCUT2D eigenvalue weighted by molar-refractivity contribution is 5.15. The van der Waals surface area contributed by atoms with Crippen molar-refractivity contribution in [3.05, 3.63) is 35.9 Å². The molecule has 0 aromatic heterocycles. The second-order valence-corrected chi connectivity index (χ2v) is 5.46. The lowest BCUT2D eigenvalue weighted by atomic mass is 9.95. The van der Waals surface area contributed by atoms with Gasteiger partial charge in [0.15, 0.2) is 0 Å². The second kappa shape index (κ2) is 7.28. The van der Waals surface area contributed by atoms with Crippen molar-refractivity contribution < 1.29 is 0 Å². The molecule has 0 bridgehead atoms. The van der Waals surface area contributed by atoms with Gasteiger partial charge in [0, 0.05) is 12.6 Å². The Morgan fingerprint density at radius 2 is 2.00 bits per heavy atom. The van der Waals surface area contributed by atoms with Gasteiger partial charge in [0.05, 0.1) is 6.07 Å². The van der Waals surface area contributed by atoms with Crippen LogP contribution >= 0.6 is 0 Å². The first-order valence-electron chi connectivity index (χ1n) is 6.85. The van der Waals surface area contributed by atoms with Crippen LogP contribution < -0.4 is 5.32 Å². The third kappa shape index (κ3) is 5.02. The van der Waals surface area contributed by atoms with Crippen LogP contribution in [-0.2, 0) is 6.42 Å². The highest BCUT2D eigenvalue weighted by Crippen LogP contribution is 2.14. The smallest absolute Gasteiger partial charge is 0.105 e. The van der Waals surface area contributed by atoms with Gasteiger partial charge in [-0.25, -0.2) is 0 Å². The van der Waals surface area contributed by atoms with Gasteiger partial charge >= 0.3 is 0 Å². The molecular formula is C16H25N3. The quantitative estimate of drug-likeness (QED) is 0.817. The summed E-state index contributed by atoms with van der Waals surface area (Å²) in [6, 6.07) is 13.2. The Bertz CT molecular complexity index is 410. The van der Waals surface area contributed by atoms with Gasteiger partial charge < -0.3 is 10.2 Å². The van der Waals surface area contributed by atoms with E-state index in [1.54, 1.807) is 0 Å². The average molecular weight is 259 g/mol. The van der Waals surface area contributed by atoms with Gasteiger partial charge in [-0.3, -0.25) is 0 Å². The fourth-order valence-electron chi connectivity index (χ4n) is 2.12. The van der Waals surface area contributed by atoms with E-state index < -0.39 is 5.54 Å². The number of hydrogen-bond donors (Lipinski definition) is 1. The lowest BCUT2D eigenvalue weighted by Gasteiger charge is -2.31. The van der Waals surface area contributed by atoms with Crippen molar-refractivity contribution in [1.82, 2.24) is 10.2 Å². The van der Waals surface area contributed by atoms with E-state index in [2.05, 4.69) is 54.5 Å². The molecule has 19 heavy (non-hydrogen) atoms. The van der Waals surface area contributed by atoms with Crippen molar-refractivity contribution in [2.75, 3.05) is 20.6 Å². The topological polar surface area (TPSA) is 39.1 Å². The van der Waals surface area contributed by atoms with Crippen LogP contribution in [0.1, 0.15) is 25.8 Å². The molecule has 1 N–H and O–H groups in total. The molecule has 0 aliphatic rings. The molecular weight excluding hydrogens is 234 g/mol. The first-order valence-corrected chi connectivity index (χ1v) is 6.85. The largest absolute Gasteiger partial charge is 0.303 e. The number of nitrogens with zero attached hydrogens (tertiary/aromatic N) is 2. The van der Waals surface area contributed by atoms with Gasteiger partial charge in [-0.05, 0) is 46.3 Å². The summed E-state index contributed by atoms with van der Waals surface area (Å²) in [5.74, 6) is 0. The Morgan fingerprint density at radius 3 is 2.53 bits per heavy atom. The summed E-state index contributed by atoms with van der Waals surface area (Å²) in [4.78, 5) is 2.32. The summed E-state index contributed by atoms with van der Waals surface area (Å²) >= 11 is 0. The maximum atomic E-state index is 9.19. The number of hydrogen-bond acceptors (Lipinski definition) is 3. The standard InChI is InChI=1S/C16H25N3/c1-14(12-16(2,13-17)18-3)19(4)11-10-15-8-6-5-7-9-15/h5-9,14,18H,10-12H2,1-4H3. The van der Waals surface area contributed by atoms with E-state index in [0.717, 1.165) is 19.4 Å². The molecule has 3 nitrogen and oxygen atoms in total. The van der Waals surface area contributed by atoms with E-state index in [-0.39, 0.29) is 0 Å². The van der Waals surface area contributed by atoms with Crippen LogP contribution in [0.25, 0.3) is 0 Å². The molecule has 1 aromatic rings. The van der Waals surface area contributed by atoms with Crippen LogP contribution in [0.15, 0.2) is 30.3 Å². The molecule has 1 rings (SSSR count). The summed E-state index contributed by atoms with van der Waals surface area (Å²) in [5.41, 5.74) is 0.915. The number of nitriles is 1. The van der Waals surface area contributed by atoms with Gasteiger partial charge in [-0.2, -0.15) is 5.26 Å². The minimum absolute atomic E-state index is 0.376. The van der Waals surface area contributed by atoms with Gasteiger partial charge in [0.1, 0.15) is 5.54 Å². The highest BCUT2D eigenvalue weighted by atomic mass is 15.1. The lowest BCUT2D eigenvalue weighted by molar-refractivity contribution is 0.219. The van der Waals surface area contributed by atoms with Crippen LogP contribution in [0, 0.1) is 11.3 Å². The van der Waals surface area contributed by atoms with E-state index in [1.807, 2.05) is 20.0 Å². The maximum Gasteiger partial charge on any atom is 0.105 e. The van der Waals surface area contributed by atoms with Gasteiger partial charge in [0.25, 0.3) is 0 Å². The molecule has 1 aromatic carbocycles. The molecule has 0 amide bonds. The SMILES string of the molecule is CNC(C)(C#N)CC(C)N(C)CCc1ccccc1. The number of benzene rings is 1. The van der Waals surface area contributed by atoms with Crippen LogP contribution in [-0.4, -0.2) is 37.1 Å². The summed E-state index contributed by atoms with van der Waals surface area (Å²) in [5, 5.41) is 12.3. The molecule has 0 radical (unpaired) electrons. The number of likely N-dealkylation sites (N-methyl/N-ethyl adjacent to an activating group) is 1. The molecule has 0 aliphatic carbocycles. The minimum Gasteiger partial charge on any atom is -0.303 e. The van der Waals surface area contributed by atoms with E-state index >= 15 is 0 Å². The normalized spacial score (nSPS) is 15.8. The van der Waals surface area contributed by atoms with E-state index in [1.165, 1.54) is 5.56 Å². The van der Waals surface area contributed by atoms with Crippen LogP contribution in [0.4, 0.5) is 0 Å². The van der Waals surface area contributed by atoms with Crippen LogP contribution in [0.2, 0.25) is 0 Å². The van der Waals surface area contributed by atoms with Gasteiger partial charge in [-0.15, -0.1) is 0 Å². The van der Waals surface area contributed by atoms with Crippen molar-refractivity contribution in [2.24, 2.45) is 0 Å². The Kier molecular flexibility index (Phi) is 6.01. The second-order valence-electron chi connectivity index (χ2n) is 5.46. The highest BCUT2D eigenvalue weighted by Gasteiger charge is 2.25. The van der Waals surface area contributed by atoms with Gasteiger partial charge in [-0.1, -0.05) is 30.3 Å². The summed E-state index contributed by atoms with van der Waals surface area (Å²) < 4.78 is 0. The predicted molar refractivity (Wildman–Crippen MR) is 79.9 cm³/mol. The molecule has 0 saturated heterocycles. The number of rotatable bonds is 7. The van der Waals surface area contributed by atoms with Crippen molar-refractivity contribution in [2.45, 2.75) is 38.3 Å². The molecule has 2 atom stereocenters. The Hall–Kier alpha value is -1.37. The molecule has 0 fully saturated rings. The lowest BCUT2D eigenvalue weighted by Crippen LogP contribution is -2.45. The molecule has 104 valence electrons. The molecule has 0 saturated carbocycles. The molecule has 2 unspecified atom stereocenters. The zero-order chi connectivity index (χ0) is 14.3. The van der Waals surface area contributed by atoms with Crippen molar-refractivity contribution >= 4 is 0 Å². The predicted octanol–water partition coefficient (Wildman–Crippen LogP) is 2.44. The average Bonchev–Trinajstić information content (AvgIpc) is 2.45. The summed E-state index contributed by atoms with van der Waals surface area (Å²) in [6.45, 7) is 5.14. The van der Waals surface area contributed by atoms with E-state index in [4.69, 9.17) is 0 Å². The third-order valence-corrected chi connectivity index (χ3v) is 3.85. The third-order valence-electron chi connectivity index (χ3n) is 3.85. The Morgan fingerprint density at radius 1 is 1.37 bits per heavy atom. The van der Waals surface area contributed by atoms with Crippen molar-refractivity contribution in [1.29, 1.82) is 5.26 Å². The zero-order valence-corrected chi connectivity index (χ0v) is 12.5. The maximum absolute atomic E-state index is 9.19. The molecule has 0 spiro atoms. The van der Waals surface area contributed by atoms with Crippen LogP contribution in [0.3, 0.4) is 0 Å². The van der Waals surface area contributed by atoms with Crippen LogP contribution in [0.5, 0.6) is 0 Å². The van der Waals surface area contributed by atoms with Gasteiger partial charge in [0.2, 0.25) is 0 Å². The fourth-order valence-corrected chi connectivity index (χ4v) is 2.12. The molecule has 0 heterocycles. The fraction of sp³-hybridized carbons (Fsp3) is 0.562. The first-order chi connectivity index (χ1) is 9.00. The monoisotopic (exact) mass is 259 g/mol. The zero-order valence-electron chi connectivity index (χ0n) is 12.5. The number of nitrogens with one attached hydrogen (secondary N) is 1. The van der Waals surface area contributed by atoms with Crippen molar-refractivity contribution in [3.63, 3.8) is 0 Å². The minimum atomic E-state index is -0.444.